The van der Waals surface area contributed by atoms with Crippen LogP contribution in [0, 0.1) is 5.92 Å². The minimum absolute atomic E-state index is 0.340. The number of esters is 1. The maximum Gasteiger partial charge on any atom is 0.339 e. The van der Waals surface area contributed by atoms with Crippen LogP contribution in [-0.2, 0) is 11.3 Å². The zero-order valence-corrected chi connectivity index (χ0v) is 11.5. The van der Waals surface area contributed by atoms with Gasteiger partial charge in [-0.05, 0) is 31.0 Å². The third-order valence-electron chi connectivity index (χ3n) is 3.76. The summed E-state index contributed by atoms with van der Waals surface area (Å²) in [5.74, 6) is 0.579. The Hall–Kier alpha value is -1.42. The number of carbonyl (C=O) groups excluding carboxylic acids is 1. The number of rotatable bonds is 6. The normalized spacial score (nSPS) is 15.6. The Balaban J connectivity index is 1.69. The first kappa shape index (κ1) is 14.0. The minimum atomic E-state index is -0.340. The van der Waals surface area contributed by atoms with Gasteiger partial charge in [-0.25, -0.2) is 4.79 Å². The van der Waals surface area contributed by atoms with Gasteiger partial charge in [-0.3, -0.25) is 4.98 Å². The van der Waals surface area contributed by atoms with Crippen molar-refractivity contribution in [1.29, 1.82) is 0 Å². The highest BCUT2D eigenvalue weighted by molar-refractivity contribution is 5.88. The second kappa shape index (κ2) is 7.24. The molecule has 2 rings (SSSR count). The van der Waals surface area contributed by atoms with E-state index in [0.717, 1.165) is 24.7 Å². The van der Waals surface area contributed by atoms with Gasteiger partial charge in [-0.2, -0.15) is 0 Å². The summed E-state index contributed by atoms with van der Waals surface area (Å²) >= 11 is 0. The van der Waals surface area contributed by atoms with Crippen molar-refractivity contribution < 1.29 is 9.53 Å². The summed E-state index contributed by atoms with van der Waals surface area (Å²) in [5.41, 5.74) is 1.45. The van der Waals surface area contributed by atoms with E-state index in [1.54, 1.807) is 12.3 Å². The third kappa shape index (κ3) is 4.31. The standard InChI is InChI=1S/C15H22N2O2/c1-19-15(18)13-6-7-14(17-10-13)11-16-9-8-12-4-2-3-5-12/h6-7,10,12,16H,2-5,8-9,11H2,1H3. The zero-order valence-electron chi connectivity index (χ0n) is 11.5. The van der Waals surface area contributed by atoms with Gasteiger partial charge >= 0.3 is 5.97 Å². The highest BCUT2D eigenvalue weighted by Crippen LogP contribution is 2.26. The van der Waals surface area contributed by atoms with Crippen LogP contribution in [-0.4, -0.2) is 24.6 Å². The number of nitrogens with zero attached hydrogens (tertiary/aromatic N) is 1. The average Bonchev–Trinajstić information content (AvgIpc) is 2.96. The molecule has 1 saturated carbocycles. The topological polar surface area (TPSA) is 51.2 Å². The molecule has 1 fully saturated rings. The monoisotopic (exact) mass is 262 g/mol. The lowest BCUT2D eigenvalue weighted by molar-refractivity contribution is 0.0600. The van der Waals surface area contributed by atoms with Gasteiger partial charge in [0, 0.05) is 12.7 Å². The quantitative estimate of drug-likeness (QED) is 0.632. The van der Waals surface area contributed by atoms with E-state index in [-0.39, 0.29) is 5.97 Å². The molecule has 0 radical (unpaired) electrons. The fourth-order valence-electron chi connectivity index (χ4n) is 2.59. The molecule has 1 heterocycles. The first-order chi connectivity index (χ1) is 9.29. The predicted octanol–water partition coefficient (Wildman–Crippen LogP) is 2.54. The van der Waals surface area contributed by atoms with Gasteiger partial charge in [0.15, 0.2) is 0 Å². The lowest BCUT2D eigenvalue weighted by Gasteiger charge is -2.09. The van der Waals surface area contributed by atoms with E-state index in [2.05, 4.69) is 15.0 Å². The van der Waals surface area contributed by atoms with E-state index in [4.69, 9.17) is 0 Å². The Labute approximate surface area is 114 Å². The minimum Gasteiger partial charge on any atom is -0.465 e. The molecule has 4 nitrogen and oxygen atoms in total. The van der Waals surface area contributed by atoms with Crippen LogP contribution in [0.3, 0.4) is 0 Å². The van der Waals surface area contributed by atoms with Crippen LogP contribution in [0.1, 0.15) is 48.2 Å². The van der Waals surface area contributed by atoms with Gasteiger partial charge in [-0.15, -0.1) is 0 Å². The summed E-state index contributed by atoms with van der Waals surface area (Å²) in [5, 5.41) is 3.41. The number of carbonyl (C=O) groups is 1. The van der Waals surface area contributed by atoms with E-state index in [1.807, 2.05) is 6.07 Å². The van der Waals surface area contributed by atoms with Gasteiger partial charge in [-0.1, -0.05) is 25.7 Å². The van der Waals surface area contributed by atoms with Crippen LogP contribution in [0.4, 0.5) is 0 Å². The molecule has 0 bridgehead atoms. The van der Waals surface area contributed by atoms with Crippen molar-refractivity contribution >= 4 is 5.97 Å². The highest BCUT2D eigenvalue weighted by Gasteiger charge is 2.13. The van der Waals surface area contributed by atoms with Gasteiger partial charge in [0.05, 0.1) is 18.4 Å². The number of ether oxygens (including phenoxy) is 1. The molecule has 1 aliphatic carbocycles. The molecule has 1 N–H and O–H groups in total. The van der Waals surface area contributed by atoms with Gasteiger partial charge in [0.25, 0.3) is 0 Å². The van der Waals surface area contributed by atoms with Crippen molar-refractivity contribution in [1.82, 2.24) is 10.3 Å². The predicted molar refractivity (Wildman–Crippen MR) is 73.9 cm³/mol. The van der Waals surface area contributed by atoms with Crippen LogP contribution in [0.5, 0.6) is 0 Å². The molecular weight excluding hydrogens is 240 g/mol. The highest BCUT2D eigenvalue weighted by atomic mass is 16.5. The number of hydrogen-bond donors (Lipinski definition) is 1. The molecule has 1 aromatic heterocycles. The van der Waals surface area contributed by atoms with Crippen molar-refractivity contribution in [2.75, 3.05) is 13.7 Å². The molecule has 0 aliphatic heterocycles. The van der Waals surface area contributed by atoms with Crippen molar-refractivity contribution in [2.45, 2.75) is 38.6 Å². The van der Waals surface area contributed by atoms with Crippen LogP contribution in [0.2, 0.25) is 0 Å². The molecule has 0 spiro atoms. The number of hydrogen-bond acceptors (Lipinski definition) is 4. The first-order valence-corrected chi connectivity index (χ1v) is 7.03. The second-order valence-electron chi connectivity index (χ2n) is 5.15. The SMILES string of the molecule is COC(=O)c1ccc(CNCCC2CCCC2)nc1. The maximum atomic E-state index is 11.3. The lowest BCUT2D eigenvalue weighted by atomic mass is 10.0. The van der Waals surface area contributed by atoms with Crippen LogP contribution < -0.4 is 5.32 Å². The number of methoxy groups -OCH3 is 1. The largest absolute Gasteiger partial charge is 0.465 e. The lowest BCUT2D eigenvalue weighted by Crippen LogP contribution is -2.17. The molecule has 0 unspecified atom stereocenters. The van der Waals surface area contributed by atoms with Crippen molar-refractivity contribution in [3.63, 3.8) is 0 Å². The van der Waals surface area contributed by atoms with E-state index in [1.165, 1.54) is 39.2 Å². The summed E-state index contributed by atoms with van der Waals surface area (Å²) in [6, 6.07) is 3.63. The Morgan fingerprint density at radius 3 is 2.84 bits per heavy atom. The smallest absolute Gasteiger partial charge is 0.339 e. The van der Waals surface area contributed by atoms with Crippen LogP contribution >= 0.6 is 0 Å². The molecule has 104 valence electrons. The molecule has 1 aliphatic rings. The molecule has 0 amide bonds. The summed E-state index contributed by atoms with van der Waals surface area (Å²) in [6.45, 7) is 1.80. The zero-order chi connectivity index (χ0) is 13.5. The van der Waals surface area contributed by atoms with E-state index >= 15 is 0 Å². The molecule has 19 heavy (non-hydrogen) atoms. The van der Waals surface area contributed by atoms with E-state index < -0.39 is 0 Å². The Bertz CT molecular complexity index is 397. The van der Waals surface area contributed by atoms with Crippen molar-refractivity contribution in [3.05, 3.63) is 29.6 Å². The summed E-state index contributed by atoms with van der Waals surface area (Å²) in [6.07, 6.45) is 8.43. The molecule has 0 atom stereocenters. The molecular formula is C15H22N2O2. The molecule has 0 aromatic carbocycles. The van der Waals surface area contributed by atoms with Crippen LogP contribution in [0.25, 0.3) is 0 Å². The summed E-state index contributed by atoms with van der Waals surface area (Å²) in [4.78, 5) is 15.5. The fraction of sp³-hybridized carbons (Fsp3) is 0.600. The van der Waals surface area contributed by atoms with Crippen molar-refractivity contribution in [3.8, 4) is 0 Å². The van der Waals surface area contributed by atoms with Gasteiger partial charge < -0.3 is 10.1 Å². The molecule has 1 aromatic rings. The van der Waals surface area contributed by atoms with E-state index in [9.17, 15) is 4.79 Å². The molecule has 0 saturated heterocycles. The third-order valence-corrected chi connectivity index (χ3v) is 3.76. The number of aromatic nitrogens is 1. The number of nitrogens with one attached hydrogen (secondary N) is 1. The Morgan fingerprint density at radius 1 is 1.42 bits per heavy atom. The summed E-state index contributed by atoms with van der Waals surface area (Å²) in [7, 11) is 1.38. The van der Waals surface area contributed by atoms with Gasteiger partial charge in [0.1, 0.15) is 0 Å². The Kier molecular flexibility index (Phi) is 5.33. The first-order valence-electron chi connectivity index (χ1n) is 7.03. The average molecular weight is 262 g/mol. The maximum absolute atomic E-state index is 11.3. The second-order valence-corrected chi connectivity index (χ2v) is 5.15. The van der Waals surface area contributed by atoms with Gasteiger partial charge in [0.2, 0.25) is 0 Å². The number of pyridine rings is 1. The fourth-order valence-corrected chi connectivity index (χ4v) is 2.59. The molecule has 4 heteroatoms. The summed E-state index contributed by atoms with van der Waals surface area (Å²) < 4.78 is 4.64. The van der Waals surface area contributed by atoms with Crippen LogP contribution in [0.15, 0.2) is 18.3 Å². The van der Waals surface area contributed by atoms with E-state index in [0.29, 0.717) is 5.56 Å². The Morgan fingerprint density at radius 2 is 2.21 bits per heavy atom. The van der Waals surface area contributed by atoms with Crippen molar-refractivity contribution in [2.24, 2.45) is 5.92 Å².